The van der Waals surface area contributed by atoms with Gasteiger partial charge in [-0.2, -0.15) is 5.26 Å². The molecule has 0 saturated carbocycles. The fraction of sp³-hybridized carbons (Fsp3) is 0.455. The van der Waals surface area contributed by atoms with Gasteiger partial charge in [0.15, 0.2) is 0 Å². The molecule has 1 atom stereocenters. The molecule has 0 bridgehead atoms. The van der Waals surface area contributed by atoms with Gasteiger partial charge < -0.3 is 5.32 Å². The van der Waals surface area contributed by atoms with Crippen molar-refractivity contribution >= 4 is 17.2 Å². The first-order valence-corrected chi connectivity index (χ1v) is 5.72. The molecular formula is C11H14N2OS. The third kappa shape index (κ3) is 3.37. The van der Waals surface area contributed by atoms with Crippen LogP contribution < -0.4 is 5.32 Å². The minimum Gasteiger partial charge on any atom is -0.338 e. The van der Waals surface area contributed by atoms with Gasteiger partial charge in [0.1, 0.15) is 5.54 Å². The van der Waals surface area contributed by atoms with Gasteiger partial charge in [-0.05, 0) is 24.8 Å². The highest BCUT2D eigenvalue weighted by Crippen LogP contribution is 2.11. The number of hydrogen-bond donors (Lipinski definition) is 1. The molecule has 1 heterocycles. The van der Waals surface area contributed by atoms with Gasteiger partial charge in [-0.25, -0.2) is 0 Å². The van der Waals surface area contributed by atoms with E-state index in [9.17, 15) is 4.79 Å². The highest BCUT2D eigenvalue weighted by atomic mass is 32.1. The fourth-order valence-corrected chi connectivity index (χ4v) is 1.82. The Kier molecular flexibility index (Phi) is 3.87. The Morgan fingerprint density at radius 1 is 1.73 bits per heavy atom. The molecule has 1 rings (SSSR count). The standard InChI is InChI=1S/C11H14N2OS/c1-3-11(2,8-12)13-10(14)7-9-5-4-6-15-9/h4-6H,3,7H2,1-2H3,(H,13,14). The number of amides is 1. The average Bonchev–Trinajstić information content (AvgIpc) is 2.70. The van der Waals surface area contributed by atoms with Crippen LogP contribution in [0.2, 0.25) is 0 Å². The van der Waals surface area contributed by atoms with Gasteiger partial charge in [-0.3, -0.25) is 4.79 Å². The molecule has 0 saturated heterocycles. The lowest BCUT2D eigenvalue weighted by molar-refractivity contribution is -0.121. The minimum atomic E-state index is -0.742. The molecule has 1 aromatic heterocycles. The van der Waals surface area contributed by atoms with Crippen molar-refractivity contribution in [2.45, 2.75) is 32.2 Å². The Bertz CT molecular complexity index is 366. The van der Waals surface area contributed by atoms with E-state index in [0.29, 0.717) is 12.8 Å². The van der Waals surface area contributed by atoms with Crippen molar-refractivity contribution in [1.82, 2.24) is 5.32 Å². The van der Waals surface area contributed by atoms with E-state index < -0.39 is 5.54 Å². The van der Waals surface area contributed by atoms with E-state index in [1.165, 1.54) is 0 Å². The third-order valence-corrected chi connectivity index (χ3v) is 3.16. The van der Waals surface area contributed by atoms with E-state index >= 15 is 0 Å². The van der Waals surface area contributed by atoms with E-state index in [1.54, 1.807) is 18.3 Å². The van der Waals surface area contributed by atoms with Crippen molar-refractivity contribution in [3.8, 4) is 6.07 Å². The molecule has 0 aliphatic heterocycles. The summed E-state index contributed by atoms with van der Waals surface area (Å²) in [5, 5.41) is 13.6. The van der Waals surface area contributed by atoms with Gasteiger partial charge in [0.25, 0.3) is 0 Å². The Balaban J connectivity index is 2.53. The lowest BCUT2D eigenvalue weighted by atomic mass is 10.0. The Hall–Kier alpha value is -1.34. The maximum Gasteiger partial charge on any atom is 0.226 e. The molecule has 1 amide bonds. The number of hydrogen-bond acceptors (Lipinski definition) is 3. The SMILES string of the molecule is CCC(C)(C#N)NC(=O)Cc1cccs1. The van der Waals surface area contributed by atoms with Crippen LogP contribution in [0.3, 0.4) is 0 Å². The summed E-state index contributed by atoms with van der Waals surface area (Å²) in [5.74, 6) is -0.0941. The van der Waals surface area contributed by atoms with Crippen molar-refractivity contribution in [3.05, 3.63) is 22.4 Å². The van der Waals surface area contributed by atoms with Crippen LogP contribution in [0.4, 0.5) is 0 Å². The summed E-state index contributed by atoms with van der Waals surface area (Å²) in [6.45, 7) is 3.62. The maximum absolute atomic E-state index is 11.6. The van der Waals surface area contributed by atoms with Gasteiger partial charge in [-0.1, -0.05) is 13.0 Å². The molecular weight excluding hydrogens is 208 g/mol. The number of nitrogens with one attached hydrogen (secondary N) is 1. The zero-order valence-electron chi connectivity index (χ0n) is 8.91. The number of nitrogens with zero attached hydrogens (tertiary/aromatic N) is 1. The molecule has 0 aliphatic carbocycles. The molecule has 80 valence electrons. The van der Waals surface area contributed by atoms with Crippen LogP contribution in [0.25, 0.3) is 0 Å². The molecule has 15 heavy (non-hydrogen) atoms. The predicted molar refractivity (Wildman–Crippen MR) is 60.5 cm³/mol. The van der Waals surface area contributed by atoms with Crippen molar-refractivity contribution < 1.29 is 4.79 Å². The second kappa shape index (κ2) is 4.94. The summed E-state index contributed by atoms with van der Waals surface area (Å²) in [6, 6.07) is 5.94. The second-order valence-electron chi connectivity index (χ2n) is 3.60. The fourth-order valence-electron chi connectivity index (χ4n) is 1.12. The van der Waals surface area contributed by atoms with Crippen LogP contribution in [0, 0.1) is 11.3 Å². The molecule has 1 unspecified atom stereocenters. The summed E-state index contributed by atoms with van der Waals surface area (Å²) in [5.41, 5.74) is -0.742. The molecule has 0 aromatic carbocycles. The summed E-state index contributed by atoms with van der Waals surface area (Å²) in [4.78, 5) is 12.6. The summed E-state index contributed by atoms with van der Waals surface area (Å²) in [6.07, 6.45) is 0.967. The van der Waals surface area contributed by atoms with Gasteiger partial charge >= 0.3 is 0 Å². The summed E-state index contributed by atoms with van der Waals surface area (Å²) >= 11 is 1.55. The number of carbonyl (C=O) groups excluding carboxylic acids is 1. The molecule has 1 N–H and O–H groups in total. The third-order valence-electron chi connectivity index (χ3n) is 2.28. The van der Waals surface area contributed by atoms with Crippen LogP contribution in [0.15, 0.2) is 17.5 Å². The summed E-state index contributed by atoms with van der Waals surface area (Å²) < 4.78 is 0. The van der Waals surface area contributed by atoms with Crippen molar-refractivity contribution in [2.75, 3.05) is 0 Å². The lowest BCUT2D eigenvalue weighted by Gasteiger charge is -2.20. The quantitative estimate of drug-likeness (QED) is 0.848. The normalized spacial score (nSPS) is 13.9. The van der Waals surface area contributed by atoms with Crippen LogP contribution in [-0.4, -0.2) is 11.4 Å². The first-order chi connectivity index (χ1) is 7.09. The van der Waals surface area contributed by atoms with Crippen LogP contribution in [0.1, 0.15) is 25.1 Å². The monoisotopic (exact) mass is 222 g/mol. The molecule has 0 radical (unpaired) electrons. The first kappa shape index (κ1) is 11.7. The van der Waals surface area contributed by atoms with Gasteiger partial charge in [0, 0.05) is 4.88 Å². The molecule has 1 aromatic rings. The topological polar surface area (TPSA) is 52.9 Å². The summed E-state index contributed by atoms with van der Waals surface area (Å²) in [7, 11) is 0. The van der Waals surface area contributed by atoms with E-state index in [4.69, 9.17) is 5.26 Å². The van der Waals surface area contributed by atoms with E-state index in [2.05, 4.69) is 11.4 Å². The first-order valence-electron chi connectivity index (χ1n) is 4.84. The van der Waals surface area contributed by atoms with Crippen molar-refractivity contribution in [1.29, 1.82) is 5.26 Å². The van der Waals surface area contributed by atoms with E-state index in [0.717, 1.165) is 4.88 Å². The highest BCUT2D eigenvalue weighted by Gasteiger charge is 2.23. The van der Waals surface area contributed by atoms with Gasteiger partial charge in [0.2, 0.25) is 5.91 Å². The lowest BCUT2D eigenvalue weighted by Crippen LogP contribution is -2.44. The van der Waals surface area contributed by atoms with Crippen LogP contribution >= 0.6 is 11.3 Å². The maximum atomic E-state index is 11.6. The predicted octanol–water partition coefficient (Wildman–Crippen LogP) is 2.10. The van der Waals surface area contributed by atoms with Gasteiger partial charge in [-0.15, -0.1) is 11.3 Å². The average molecular weight is 222 g/mol. The van der Waals surface area contributed by atoms with Crippen molar-refractivity contribution in [2.24, 2.45) is 0 Å². The Morgan fingerprint density at radius 3 is 2.93 bits per heavy atom. The zero-order valence-corrected chi connectivity index (χ0v) is 9.73. The van der Waals surface area contributed by atoms with Gasteiger partial charge in [0.05, 0.1) is 12.5 Å². The molecule has 0 spiro atoms. The highest BCUT2D eigenvalue weighted by molar-refractivity contribution is 7.10. The zero-order chi connectivity index (χ0) is 11.3. The van der Waals surface area contributed by atoms with Crippen LogP contribution in [-0.2, 0) is 11.2 Å². The number of rotatable bonds is 4. The van der Waals surface area contributed by atoms with Crippen molar-refractivity contribution in [3.63, 3.8) is 0 Å². The second-order valence-corrected chi connectivity index (χ2v) is 4.63. The number of carbonyl (C=O) groups is 1. The largest absolute Gasteiger partial charge is 0.338 e. The Labute approximate surface area is 93.7 Å². The molecule has 0 aliphatic rings. The molecule has 3 nitrogen and oxygen atoms in total. The minimum absolute atomic E-state index is 0.0941. The van der Waals surface area contributed by atoms with E-state index in [-0.39, 0.29) is 5.91 Å². The van der Waals surface area contributed by atoms with Crippen LogP contribution in [0.5, 0.6) is 0 Å². The van der Waals surface area contributed by atoms with E-state index in [1.807, 2.05) is 24.4 Å². The number of thiophene rings is 1. The molecule has 0 fully saturated rings. The Morgan fingerprint density at radius 2 is 2.47 bits per heavy atom. The number of nitriles is 1. The molecule has 4 heteroatoms. The smallest absolute Gasteiger partial charge is 0.226 e.